The smallest absolute Gasteiger partial charge is 0.340 e. The summed E-state index contributed by atoms with van der Waals surface area (Å²) < 4.78 is 17.4. The van der Waals surface area contributed by atoms with E-state index in [0.29, 0.717) is 35.1 Å². The first-order valence-corrected chi connectivity index (χ1v) is 9.75. The van der Waals surface area contributed by atoms with Crippen LogP contribution in [-0.2, 0) is 17.6 Å². The molecule has 1 N–H and O–H groups in total. The first-order chi connectivity index (χ1) is 13.1. The highest BCUT2D eigenvalue weighted by atomic mass is 16.5. The summed E-state index contributed by atoms with van der Waals surface area (Å²) in [5.41, 5.74) is 1.70. The predicted molar refractivity (Wildman–Crippen MR) is 108 cm³/mol. The summed E-state index contributed by atoms with van der Waals surface area (Å²) in [4.78, 5) is 25.0. The number of benzene rings is 1. The molecule has 1 aliphatic rings. The molecule has 2 aromatic rings. The van der Waals surface area contributed by atoms with Gasteiger partial charge in [-0.05, 0) is 45.1 Å². The van der Waals surface area contributed by atoms with Crippen LogP contribution in [0.4, 0.5) is 0 Å². The molecular formula is C22H29NO5. The fraction of sp³-hybridized carbons (Fsp3) is 0.545. The minimum Gasteiger partial charge on any atom is -0.496 e. The van der Waals surface area contributed by atoms with Crippen molar-refractivity contribution in [3.8, 4) is 11.5 Å². The Morgan fingerprint density at radius 2 is 2.07 bits per heavy atom. The van der Waals surface area contributed by atoms with Gasteiger partial charge in [0.2, 0.25) is 5.91 Å². The zero-order chi connectivity index (χ0) is 20.6. The van der Waals surface area contributed by atoms with Crippen LogP contribution in [0.2, 0.25) is 0 Å². The van der Waals surface area contributed by atoms with Crippen molar-refractivity contribution in [1.82, 2.24) is 5.32 Å². The highest BCUT2D eigenvalue weighted by Crippen LogP contribution is 2.43. The molecule has 0 bridgehead atoms. The van der Waals surface area contributed by atoms with Gasteiger partial charge in [-0.25, -0.2) is 4.79 Å². The van der Waals surface area contributed by atoms with E-state index in [4.69, 9.17) is 13.9 Å². The molecule has 0 fully saturated rings. The first-order valence-electron chi connectivity index (χ1n) is 9.75. The average Bonchev–Trinajstić information content (AvgIpc) is 2.61. The molecule has 0 unspecified atom stereocenters. The lowest BCUT2D eigenvalue weighted by Crippen LogP contribution is -2.33. The lowest BCUT2D eigenvalue weighted by Gasteiger charge is -2.33. The highest BCUT2D eigenvalue weighted by Gasteiger charge is 2.31. The van der Waals surface area contributed by atoms with Crippen LogP contribution >= 0.6 is 0 Å². The minimum absolute atomic E-state index is 0.0133. The molecule has 0 spiro atoms. The van der Waals surface area contributed by atoms with E-state index in [-0.39, 0.29) is 17.9 Å². The van der Waals surface area contributed by atoms with E-state index in [1.165, 1.54) is 0 Å². The lowest BCUT2D eigenvalue weighted by atomic mass is 9.91. The van der Waals surface area contributed by atoms with Gasteiger partial charge in [-0.15, -0.1) is 0 Å². The quantitative estimate of drug-likeness (QED) is 0.794. The monoisotopic (exact) mass is 387 g/mol. The Morgan fingerprint density at radius 1 is 1.36 bits per heavy atom. The topological polar surface area (TPSA) is 77.8 Å². The third kappa shape index (κ3) is 3.86. The highest BCUT2D eigenvalue weighted by molar-refractivity contribution is 5.93. The number of carbonyl (C=O) groups is 1. The molecular weight excluding hydrogens is 358 g/mol. The van der Waals surface area contributed by atoms with Gasteiger partial charge in [0.25, 0.3) is 0 Å². The van der Waals surface area contributed by atoms with Crippen molar-refractivity contribution in [2.75, 3.05) is 13.7 Å². The molecule has 0 saturated carbocycles. The SMILES string of the molecule is COc1cc2c(c3oc(=O)c(CC(=O)NCC(C)C)c(C)c13)CCC(C)(C)O2. The molecule has 152 valence electrons. The van der Waals surface area contributed by atoms with Crippen LogP contribution in [0.1, 0.15) is 50.8 Å². The van der Waals surface area contributed by atoms with Crippen LogP contribution in [0.15, 0.2) is 15.3 Å². The molecule has 3 rings (SSSR count). The molecule has 1 aliphatic heterocycles. The standard InChI is InChI=1S/C22H29NO5/c1-12(2)11-23-18(24)9-15-13(3)19-17(26-6)10-16-14(20(19)27-21(15)25)7-8-22(4,5)28-16/h10,12H,7-9,11H2,1-6H3,(H,23,24). The zero-order valence-corrected chi connectivity index (χ0v) is 17.5. The fourth-order valence-electron chi connectivity index (χ4n) is 3.59. The maximum absolute atomic E-state index is 12.7. The van der Waals surface area contributed by atoms with Crippen molar-refractivity contribution in [3.63, 3.8) is 0 Å². The predicted octanol–water partition coefficient (Wildman–Crippen LogP) is 3.53. The Balaban J connectivity index is 2.11. The van der Waals surface area contributed by atoms with Crippen molar-refractivity contribution < 1.29 is 18.7 Å². The van der Waals surface area contributed by atoms with Crippen LogP contribution in [-0.4, -0.2) is 25.2 Å². The summed E-state index contributed by atoms with van der Waals surface area (Å²) in [6.45, 7) is 10.5. The van der Waals surface area contributed by atoms with E-state index in [2.05, 4.69) is 5.32 Å². The van der Waals surface area contributed by atoms with E-state index in [1.807, 2.05) is 40.7 Å². The fourth-order valence-corrected chi connectivity index (χ4v) is 3.59. The van der Waals surface area contributed by atoms with E-state index < -0.39 is 5.63 Å². The Morgan fingerprint density at radius 3 is 2.71 bits per heavy atom. The number of amides is 1. The van der Waals surface area contributed by atoms with Crippen LogP contribution in [0.3, 0.4) is 0 Å². The maximum Gasteiger partial charge on any atom is 0.340 e. The number of ether oxygens (including phenoxy) is 2. The summed E-state index contributed by atoms with van der Waals surface area (Å²) in [5, 5.41) is 3.58. The maximum atomic E-state index is 12.7. The average molecular weight is 387 g/mol. The molecule has 6 heteroatoms. The number of carbonyl (C=O) groups excluding carboxylic acids is 1. The molecule has 0 aliphatic carbocycles. The van der Waals surface area contributed by atoms with Crippen molar-refractivity contribution in [1.29, 1.82) is 0 Å². The van der Waals surface area contributed by atoms with Gasteiger partial charge in [0.1, 0.15) is 22.7 Å². The van der Waals surface area contributed by atoms with Gasteiger partial charge in [0, 0.05) is 18.2 Å². The second-order valence-electron chi connectivity index (χ2n) is 8.49. The lowest BCUT2D eigenvalue weighted by molar-refractivity contribution is -0.120. The molecule has 1 amide bonds. The van der Waals surface area contributed by atoms with Gasteiger partial charge >= 0.3 is 5.63 Å². The van der Waals surface area contributed by atoms with Gasteiger partial charge in [0.05, 0.1) is 24.5 Å². The van der Waals surface area contributed by atoms with Gasteiger partial charge < -0.3 is 19.2 Å². The van der Waals surface area contributed by atoms with Crippen LogP contribution in [0.25, 0.3) is 11.0 Å². The second kappa shape index (κ2) is 7.49. The Bertz CT molecular complexity index is 971. The van der Waals surface area contributed by atoms with E-state index in [1.54, 1.807) is 7.11 Å². The van der Waals surface area contributed by atoms with Gasteiger partial charge in [-0.1, -0.05) is 13.8 Å². The van der Waals surface area contributed by atoms with Gasteiger partial charge in [-0.3, -0.25) is 4.79 Å². The van der Waals surface area contributed by atoms with Crippen LogP contribution in [0, 0.1) is 12.8 Å². The Kier molecular flexibility index (Phi) is 5.41. The number of rotatable bonds is 5. The number of hydrogen-bond acceptors (Lipinski definition) is 5. The number of methoxy groups -OCH3 is 1. The summed E-state index contributed by atoms with van der Waals surface area (Å²) in [5.74, 6) is 1.42. The largest absolute Gasteiger partial charge is 0.496 e. The molecule has 6 nitrogen and oxygen atoms in total. The van der Waals surface area contributed by atoms with Gasteiger partial charge in [-0.2, -0.15) is 0 Å². The minimum atomic E-state index is -0.481. The van der Waals surface area contributed by atoms with Crippen molar-refractivity contribution in [2.45, 2.75) is 59.5 Å². The molecule has 0 atom stereocenters. The number of nitrogens with one attached hydrogen (secondary N) is 1. The van der Waals surface area contributed by atoms with Gasteiger partial charge in [0.15, 0.2) is 0 Å². The summed E-state index contributed by atoms with van der Waals surface area (Å²) in [6.07, 6.45) is 1.56. The molecule has 28 heavy (non-hydrogen) atoms. The molecule has 2 heterocycles. The molecule has 0 radical (unpaired) electrons. The van der Waals surface area contributed by atoms with E-state index >= 15 is 0 Å². The third-order valence-corrected chi connectivity index (χ3v) is 5.20. The first kappa shape index (κ1) is 20.2. The summed E-state index contributed by atoms with van der Waals surface area (Å²) in [7, 11) is 1.58. The summed E-state index contributed by atoms with van der Waals surface area (Å²) in [6, 6.07) is 1.86. The summed E-state index contributed by atoms with van der Waals surface area (Å²) >= 11 is 0. The zero-order valence-electron chi connectivity index (χ0n) is 17.5. The van der Waals surface area contributed by atoms with Crippen molar-refractivity contribution in [3.05, 3.63) is 33.2 Å². The van der Waals surface area contributed by atoms with Crippen molar-refractivity contribution >= 4 is 16.9 Å². The van der Waals surface area contributed by atoms with Crippen molar-refractivity contribution in [2.24, 2.45) is 5.92 Å². The number of aryl methyl sites for hydroxylation is 2. The van der Waals surface area contributed by atoms with Crippen LogP contribution in [0.5, 0.6) is 11.5 Å². The normalized spacial score (nSPS) is 15.2. The van der Waals surface area contributed by atoms with E-state index in [0.717, 1.165) is 29.4 Å². The number of hydrogen-bond donors (Lipinski definition) is 1. The van der Waals surface area contributed by atoms with E-state index in [9.17, 15) is 9.59 Å². The molecule has 0 saturated heterocycles. The molecule has 1 aromatic carbocycles. The third-order valence-electron chi connectivity index (χ3n) is 5.20. The Labute approximate surface area is 165 Å². The number of fused-ring (bicyclic) bond motifs is 3. The second-order valence-corrected chi connectivity index (χ2v) is 8.49. The Hall–Kier alpha value is -2.50. The van der Waals surface area contributed by atoms with Crippen LogP contribution < -0.4 is 20.4 Å². The molecule has 1 aromatic heterocycles.